The van der Waals surface area contributed by atoms with Crippen LogP contribution in [0.3, 0.4) is 0 Å². The number of rotatable bonds is 8. The molecule has 8 heteroatoms. The maximum absolute atomic E-state index is 13.8. The molecule has 210 valence electrons. The number of pyridine rings is 1. The molecule has 0 amide bonds. The van der Waals surface area contributed by atoms with Crippen molar-refractivity contribution in [3.05, 3.63) is 95.7 Å². The average molecular weight is 549 g/mol. The Morgan fingerprint density at radius 2 is 1.62 bits per heavy atom. The first-order valence-corrected chi connectivity index (χ1v) is 13.7. The number of hydrogen-bond acceptors (Lipinski definition) is 5. The normalized spacial score (nSPS) is 18.6. The van der Waals surface area contributed by atoms with E-state index in [1.165, 1.54) is 5.56 Å². The lowest BCUT2D eigenvalue weighted by Crippen LogP contribution is -2.56. The number of nitrogens with zero attached hydrogens (tertiary/aromatic N) is 3. The third-order valence-electron chi connectivity index (χ3n) is 7.42. The summed E-state index contributed by atoms with van der Waals surface area (Å²) >= 11 is 0. The number of alkyl halides is 3. The molecule has 40 heavy (non-hydrogen) atoms. The minimum atomic E-state index is -4.49. The van der Waals surface area contributed by atoms with E-state index in [4.69, 9.17) is 4.74 Å². The van der Waals surface area contributed by atoms with Crippen molar-refractivity contribution in [2.75, 3.05) is 31.6 Å². The second-order valence-electron chi connectivity index (χ2n) is 10.7. The summed E-state index contributed by atoms with van der Waals surface area (Å²) in [5.41, 5.74) is 3.11. The highest BCUT2D eigenvalue weighted by Gasteiger charge is 2.32. The molecule has 2 atom stereocenters. The van der Waals surface area contributed by atoms with Crippen LogP contribution in [0.25, 0.3) is 10.9 Å². The Hall–Kier alpha value is -3.62. The zero-order valence-corrected chi connectivity index (χ0v) is 23.1. The number of nitrogens with one attached hydrogen (secondary N) is 1. The van der Waals surface area contributed by atoms with Crippen LogP contribution in [0.1, 0.15) is 30.7 Å². The number of para-hydroxylation sites is 1. The minimum Gasteiger partial charge on any atom is -0.492 e. The average Bonchev–Trinajstić information content (AvgIpc) is 2.91. The van der Waals surface area contributed by atoms with Crippen LogP contribution >= 0.6 is 0 Å². The molecule has 3 aromatic carbocycles. The molecule has 5 rings (SSSR count). The fraction of sp³-hybridized carbons (Fsp3) is 0.344. The summed E-state index contributed by atoms with van der Waals surface area (Å²) in [5.74, 6) is 0.191. The van der Waals surface area contributed by atoms with Gasteiger partial charge < -0.3 is 10.1 Å². The highest BCUT2D eigenvalue weighted by Crippen LogP contribution is 2.36. The summed E-state index contributed by atoms with van der Waals surface area (Å²) in [6.45, 7) is 9.91. The first-order valence-electron chi connectivity index (χ1n) is 13.7. The van der Waals surface area contributed by atoms with Gasteiger partial charge in [0.05, 0.1) is 11.1 Å². The summed E-state index contributed by atoms with van der Waals surface area (Å²) in [4.78, 5) is 9.35. The lowest BCUT2D eigenvalue weighted by Gasteiger charge is -2.44. The number of ether oxygens (including phenoxy) is 1. The van der Waals surface area contributed by atoms with Gasteiger partial charge in [-0.05, 0) is 50.6 Å². The highest BCUT2D eigenvalue weighted by atomic mass is 19.4. The van der Waals surface area contributed by atoms with Crippen molar-refractivity contribution in [2.45, 2.75) is 45.6 Å². The van der Waals surface area contributed by atoms with Crippen LogP contribution < -0.4 is 10.1 Å². The molecule has 1 saturated heterocycles. The van der Waals surface area contributed by atoms with E-state index in [1.54, 1.807) is 6.07 Å². The van der Waals surface area contributed by atoms with Crippen molar-refractivity contribution in [1.82, 2.24) is 14.8 Å². The van der Waals surface area contributed by atoms with Gasteiger partial charge in [0, 0.05) is 66.8 Å². The van der Waals surface area contributed by atoms with Crippen molar-refractivity contribution in [3.63, 3.8) is 0 Å². The number of aryl methyl sites for hydroxylation is 1. The second kappa shape index (κ2) is 11.9. The molecule has 0 spiro atoms. The lowest BCUT2D eigenvalue weighted by molar-refractivity contribution is -0.137. The Morgan fingerprint density at radius 1 is 0.925 bits per heavy atom. The predicted molar refractivity (Wildman–Crippen MR) is 154 cm³/mol. The van der Waals surface area contributed by atoms with Crippen molar-refractivity contribution >= 4 is 22.3 Å². The number of aromatic nitrogens is 1. The summed E-state index contributed by atoms with van der Waals surface area (Å²) in [5, 5.41) is 4.02. The fourth-order valence-electron chi connectivity index (χ4n) is 5.53. The number of anilines is 2. The van der Waals surface area contributed by atoms with Crippen molar-refractivity contribution in [3.8, 4) is 5.75 Å². The van der Waals surface area contributed by atoms with E-state index in [1.807, 2.05) is 43.3 Å². The van der Waals surface area contributed by atoms with Gasteiger partial charge in [-0.1, -0.05) is 48.5 Å². The van der Waals surface area contributed by atoms with Crippen LogP contribution in [0.2, 0.25) is 0 Å². The van der Waals surface area contributed by atoms with Crippen LogP contribution in [-0.4, -0.2) is 53.1 Å². The molecule has 0 aliphatic carbocycles. The zero-order chi connectivity index (χ0) is 28.3. The van der Waals surface area contributed by atoms with Gasteiger partial charge in [0.25, 0.3) is 0 Å². The molecule has 1 aliphatic rings. The number of hydrogen-bond donors (Lipinski definition) is 1. The number of fused-ring (bicyclic) bond motifs is 1. The number of benzene rings is 3. The van der Waals surface area contributed by atoms with Gasteiger partial charge in [0.2, 0.25) is 0 Å². The van der Waals surface area contributed by atoms with Gasteiger partial charge in [-0.25, -0.2) is 0 Å². The summed E-state index contributed by atoms with van der Waals surface area (Å²) in [6, 6.07) is 24.4. The van der Waals surface area contributed by atoms with Gasteiger partial charge in [-0.2, -0.15) is 13.2 Å². The molecule has 2 unspecified atom stereocenters. The topological polar surface area (TPSA) is 40.6 Å². The van der Waals surface area contributed by atoms with E-state index < -0.39 is 11.7 Å². The van der Waals surface area contributed by atoms with Crippen LogP contribution in [0.15, 0.2) is 78.9 Å². The molecule has 0 bridgehead atoms. The van der Waals surface area contributed by atoms with Gasteiger partial charge in [0.1, 0.15) is 12.4 Å². The molecule has 4 aromatic rings. The SMILES string of the molecule is Cc1cc(Nc2cc(OCCN3CC(C)N(Cc4ccccc4)C(C)C3)cc(C(F)(F)F)c2)c2ccccc2n1. The fourth-order valence-corrected chi connectivity index (χ4v) is 5.53. The molecular formula is C32H35F3N4O. The van der Waals surface area contributed by atoms with Crippen molar-refractivity contribution in [1.29, 1.82) is 0 Å². The maximum atomic E-state index is 13.8. The van der Waals surface area contributed by atoms with E-state index >= 15 is 0 Å². The van der Waals surface area contributed by atoms with Crippen molar-refractivity contribution < 1.29 is 17.9 Å². The Bertz CT molecular complexity index is 1430. The predicted octanol–water partition coefficient (Wildman–Crippen LogP) is 7.28. The maximum Gasteiger partial charge on any atom is 0.416 e. The first kappa shape index (κ1) is 27.9. The number of halogens is 3. The largest absolute Gasteiger partial charge is 0.492 e. The monoisotopic (exact) mass is 548 g/mol. The quantitative estimate of drug-likeness (QED) is 0.251. The molecule has 0 radical (unpaired) electrons. The molecule has 1 aromatic heterocycles. The molecule has 1 aliphatic heterocycles. The Labute approximate surface area is 233 Å². The van der Waals surface area contributed by atoms with Gasteiger partial charge in [-0.3, -0.25) is 14.8 Å². The van der Waals surface area contributed by atoms with Gasteiger partial charge >= 0.3 is 6.18 Å². The Kier molecular flexibility index (Phi) is 8.28. The standard InChI is InChI=1S/C32H35F3N4O/c1-22-15-31(29-11-7-8-12-30(29)36-22)37-27-16-26(32(33,34)35)17-28(18-27)40-14-13-38-19-23(2)39(24(3)20-38)21-25-9-5-4-6-10-25/h4-12,15-18,23-24H,13-14,19-21H2,1-3H3,(H,36,37). The Balaban J connectivity index is 1.26. The summed E-state index contributed by atoms with van der Waals surface area (Å²) in [7, 11) is 0. The zero-order valence-electron chi connectivity index (χ0n) is 23.1. The Morgan fingerprint density at radius 3 is 2.35 bits per heavy atom. The molecule has 5 nitrogen and oxygen atoms in total. The minimum absolute atomic E-state index is 0.191. The van der Waals surface area contributed by atoms with E-state index in [9.17, 15) is 13.2 Å². The van der Waals surface area contributed by atoms with E-state index in [-0.39, 0.29) is 5.75 Å². The summed E-state index contributed by atoms with van der Waals surface area (Å²) in [6.07, 6.45) is -4.49. The molecule has 0 saturated carbocycles. The van der Waals surface area contributed by atoms with Gasteiger partial charge in [0.15, 0.2) is 0 Å². The third-order valence-corrected chi connectivity index (χ3v) is 7.42. The first-order chi connectivity index (χ1) is 19.2. The van der Waals surface area contributed by atoms with E-state index in [0.717, 1.165) is 48.4 Å². The van der Waals surface area contributed by atoms with Crippen molar-refractivity contribution in [2.24, 2.45) is 0 Å². The van der Waals surface area contributed by atoms with Crippen LogP contribution in [0, 0.1) is 6.92 Å². The van der Waals surface area contributed by atoms with Crippen LogP contribution in [0.5, 0.6) is 5.75 Å². The lowest BCUT2D eigenvalue weighted by atomic mass is 10.1. The molecular weight excluding hydrogens is 513 g/mol. The van der Waals surface area contributed by atoms with Crippen LogP contribution in [-0.2, 0) is 12.7 Å². The number of piperazine rings is 1. The third kappa shape index (κ3) is 6.74. The van der Waals surface area contributed by atoms with E-state index in [2.05, 4.69) is 58.2 Å². The summed E-state index contributed by atoms with van der Waals surface area (Å²) < 4.78 is 47.3. The van der Waals surface area contributed by atoms with Crippen LogP contribution in [0.4, 0.5) is 24.5 Å². The molecule has 1 N–H and O–H groups in total. The molecule has 1 fully saturated rings. The van der Waals surface area contributed by atoms with Gasteiger partial charge in [-0.15, -0.1) is 0 Å². The molecule has 2 heterocycles. The smallest absolute Gasteiger partial charge is 0.416 e. The van der Waals surface area contributed by atoms with E-state index in [0.29, 0.717) is 36.6 Å². The second-order valence-corrected chi connectivity index (χ2v) is 10.7. The highest BCUT2D eigenvalue weighted by molar-refractivity contribution is 5.93.